The molecule has 1 aliphatic rings. The summed E-state index contributed by atoms with van der Waals surface area (Å²) in [7, 11) is 2.24. The van der Waals surface area contributed by atoms with Gasteiger partial charge in [0.2, 0.25) is 0 Å². The summed E-state index contributed by atoms with van der Waals surface area (Å²) < 4.78 is 5.68. The van der Waals surface area contributed by atoms with E-state index in [2.05, 4.69) is 48.6 Å². The van der Waals surface area contributed by atoms with Crippen molar-refractivity contribution in [2.75, 3.05) is 39.9 Å². The molecule has 20 heavy (non-hydrogen) atoms. The fourth-order valence-corrected chi connectivity index (χ4v) is 3.50. The van der Waals surface area contributed by atoms with Crippen molar-refractivity contribution in [1.82, 2.24) is 10.2 Å². The van der Waals surface area contributed by atoms with Crippen molar-refractivity contribution in [2.24, 2.45) is 5.41 Å². The van der Waals surface area contributed by atoms with Gasteiger partial charge in [0.1, 0.15) is 0 Å². The number of nitrogens with zero attached hydrogens (tertiary/aromatic N) is 1. The Labute approximate surface area is 127 Å². The maximum atomic E-state index is 5.68. The van der Waals surface area contributed by atoms with Gasteiger partial charge in [-0.3, -0.25) is 0 Å². The molecule has 0 aromatic carbocycles. The van der Waals surface area contributed by atoms with Crippen molar-refractivity contribution in [3.63, 3.8) is 0 Å². The first-order valence-electron chi connectivity index (χ1n) is 7.62. The van der Waals surface area contributed by atoms with E-state index in [-0.39, 0.29) is 0 Å². The number of thiophene rings is 1. The molecule has 3 nitrogen and oxygen atoms in total. The van der Waals surface area contributed by atoms with E-state index in [9.17, 15) is 0 Å². The highest BCUT2D eigenvalue weighted by Crippen LogP contribution is 2.29. The molecule has 2 heterocycles. The highest BCUT2D eigenvalue weighted by molar-refractivity contribution is 7.09. The van der Waals surface area contributed by atoms with E-state index in [1.165, 1.54) is 11.3 Å². The lowest BCUT2D eigenvalue weighted by Gasteiger charge is -2.33. The molecular weight excluding hydrogens is 268 g/mol. The summed E-state index contributed by atoms with van der Waals surface area (Å²) in [6.07, 6.45) is 2.33. The Balaban J connectivity index is 1.80. The van der Waals surface area contributed by atoms with Crippen LogP contribution in [0.15, 0.2) is 17.5 Å². The molecule has 0 bridgehead atoms. The van der Waals surface area contributed by atoms with Gasteiger partial charge in [-0.15, -0.1) is 11.3 Å². The smallest absolute Gasteiger partial charge is 0.0547 e. The first-order chi connectivity index (χ1) is 9.60. The van der Waals surface area contributed by atoms with Crippen molar-refractivity contribution in [3.05, 3.63) is 22.4 Å². The summed E-state index contributed by atoms with van der Waals surface area (Å²) in [6.45, 7) is 9.55. The average Bonchev–Trinajstić information content (AvgIpc) is 3.06. The van der Waals surface area contributed by atoms with Gasteiger partial charge in [0, 0.05) is 42.6 Å². The van der Waals surface area contributed by atoms with E-state index in [0.717, 1.165) is 39.3 Å². The molecule has 1 fully saturated rings. The SMILES string of the molecule is CC(C)NCC1(CN(C)CCc2cccs2)CCOC1. The van der Waals surface area contributed by atoms with Crippen LogP contribution in [0, 0.1) is 5.41 Å². The third-order valence-electron chi connectivity index (χ3n) is 4.00. The van der Waals surface area contributed by atoms with Crippen LogP contribution in [-0.4, -0.2) is 50.8 Å². The zero-order chi connectivity index (χ0) is 14.4. The molecule has 0 spiro atoms. The molecule has 4 heteroatoms. The highest BCUT2D eigenvalue weighted by Gasteiger charge is 2.35. The molecule has 1 N–H and O–H groups in total. The van der Waals surface area contributed by atoms with Gasteiger partial charge in [-0.2, -0.15) is 0 Å². The minimum atomic E-state index is 0.300. The van der Waals surface area contributed by atoms with Crippen LogP contribution in [0.4, 0.5) is 0 Å². The van der Waals surface area contributed by atoms with Crippen LogP contribution in [0.3, 0.4) is 0 Å². The predicted octanol–water partition coefficient (Wildman–Crippen LogP) is 2.63. The summed E-state index contributed by atoms with van der Waals surface area (Å²) in [4.78, 5) is 3.95. The minimum Gasteiger partial charge on any atom is -0.381 e. The van der Waals surface area contributed by atoms with Gasteiger partial charge in [0.25, 0.3) is 0 Å². The molecule has 2 rings (SSSR count). The summed E-state index contributed by atoms with van der Waals surface area (Å²) >= 11 is 1.86. The van der Waals surface area contributed by atoms with E-state index in [1.807, 2.05) is 11.3 Å². The van der Waals surface area contributed by atoms with Crippen molar-refractivity contribution in [1.29, 1.82) is 0 Å². The maximum absolute atomic E-state index is 5.68. The third-order valence-corrected chi connectivity index (χ3v) is 4.93. The summed E-state index contributed by atoms with van der Waals surface area (Å²) in [5, 5.41) is 5.76. The predicted molar refractivity (Wildman–Crippen MR) is 86.5 cm³/mol. The van der Waals surface area contributed by atoms with Crippen LogP contribution in [0.5, 0.6) is 0 Å². The van der Waals surface area contributed by atoms with E-state index in [0.29, 0.717) is 11.5 Å². The first kappa shape index (κ1) is 16.0. The van der Waals surface area contributed by atoms with Gasteiger partial charge in [0.05, 0.1) is 6.61 Å². The molecular formula is C16H28N2OS. The second-order valence-electron chi connectivity index (χ2n) is 6.41. The Kier molecular flexibility index (Phi) is 6.02. The summed E-state index contributed by atoms with van der Waals surface area (Å²) in [6, 6.07) is 4.91. The molecule has 0 aliphatic carbocycles. The highest BCUT2D eigenvalue weighted by atomic mass is 32.1. The number of hydrogen-bond donors (Lipinski definition) is 1. The topological polar surface area (TPSA) is 24.5 Å². The lowest BCUT2D eigenvalue weighted by Crippen LogP contribution is -2.45. The molecule has 1 unspecified atom stereocenters. The largest absolute Gasteiger partial charge is 0.381 e. The van der Waals surface area contributed by atoms with Gasteiger partial charge in [0.15, 0.2) is 0 Å². The fourth-order valence-electron chi connectivity index (χ4n) is 2.80. The fraction of sp³-hybridized carbons (Fsp3) is 0.750. The zero-order valence-electron chi connectivity index (χ0n) is 13.0. The summed E-state index contributed by atoms with van der Waals surface area (Å²) in [5.74, 6) is 0. The van der Waals surface area contributed by atoms with Crippen LogP contribution in [0.1, 0.15) is 25.1 Å². The zero-order valence-corrected chi connectivity index (χ0v) is 13.8. The van der Waals surface area contributed by atoms with Crippen LogP contribution in [-0.2, 0) is 11.2 Å². The third kappa shape index (κ3) is 4.85. The van der Waals surface area contributed by atoms with Crippen LogP contribution in [0.2, 0.25) is 0 Å². The Bertz CT molecular complexity index is 372. The van der Waals surface area contributed by atoms with Crippen molar-refractivity contribution in [2.45, 2.75) is 32.7 Å². The normalized spacial score (nSPS) is 23.1. The minimum absolute atomic E-state index is 0.300. The van der Waals surface area contributed by atoms with Crippen LogP contribution < -0.4 is 5.32 Å². The van der Waals surface area contributed by atoms with Crippen molar-refractivity contribution < 1.29 is 4.74 Å². The second kappa shape index (κ2) is 7.55. The lowest BCUT2D eigenvalue weighted by atomic mass is 9.86. The van der Waals surface area contributed by atoms with Crippen molar-refractivity contribution >= 4 is 11.3 Å². The Hall–Kier alpha value is -0.420. The van der Waals surface area contributed by atoms with Gasteiger partial charge in [-0.25, -0.2) is 0 Å². The lowest BCUT2D eigenvalue weighted by molar-refractivity contribution is 0.118. The van der Waals surface area contributed by atoms with E-state index in [4.69, 9.17) is 4.74 Å². The molecule has 0 radical (unpaired) electrons. The standard InChI is InChI=1S/C16H28N2OS/c1-14(2)17-11-16(7-9-19-13-16)12-18(3)8-6-15-5-4-10-20-15/h4-5,10,14,17H,6-9,11-13H2,1-3H3. The Morgan fingerprint density at radius 3 is 2.95 bits per heavy atom. The van der Waals surface area contributed by atoms with Crippen LogP contribution in [0.25, 0.3) is 0 Å². The van der Waals surface area contributed by atoms with E-state index < -0.39 is 0 Å². The van der Waals surface area contributed by atoms with Gasteiger partial charge in [-0.05, 0) is 31.3 Å². The molecule has 0 amide bonds. The monoisotopic (exact) mass is 296 g/mol. The Morgan fingerprint density at radius 1 is 1.50 bits per heavy atom. The van der Waals surface area contributed by atoms with Gasteiger partial charge in [-0.1, -0.05) is 19.9 Å². The van der Waals surface area contributed by atoms with E-state index in [1.54, 1.807) is 0 Å². The molecule has 114 valence electrons. The molecule has 1 aliphatic heterocycles. The first-order valence-corrected chi connectivity index (χ1v) is 8.50. The molecule has 1 atom stereocenters. The summed E-state index contributed by atoms with van der Waals surface area (Å²) in [5.41, 5.74) is 0.300. The number of ether oxygens (including phenoxy) is 1. The molecule has 0 saturated carbocycles. The van der Waals surface area contributed by atoms with Gasteiger partial charge < -0.3 is 15.0 Å². The van der Waals surface area contributed by atoms with Gasteiger partial charge >= 0.3 is 0 Å². The second-order valence-corrected chi connectivity index (χ2v) is 7.44. The molecule has 1 aromatic heterocycles. The van der Waals surface area contributed by atoms with Crippen molar-refractivity contribution in [3.8, 4) is 0 Å². The Morgan fingerprint density at radius 2 is 2.35 bits per heavy atom. The molecule has 1 saturated heterocycles. The number of hydrogen-bond acceptors (Lipinski definition) is 4. The molecule has 1 aromatic rings. The van der Waals surface area contributed by atoms with E-state index >= 15 is 0 Å². The number of rotatable bonds is 8. The maximum Gasteiger partial charge on any atom is 0.0547 e. The number of nitrogens with one attached hydrogen (secondary N) is 1. The quantitative estimate of drug-likeness (QED) is 0.798. The van der Waals surface area contributed by atoms with Crippen LogP contribution >= 0.6 is 11.3 Å². The number of likely N-dealkylation sites (N-methyl/N-ethyl adjacent to an activating group) is 1. The average molecular weight is 296 g/mol.